The molecule has 24 heavy (non-hydrogen) atoms. The first-order valence-electron chi connectivity index (χ1n) is 7.76. The molecular weight excluding hydrogens is 310 g/mol. The molecule has 1 aromatic heterocycles. The Balaban J connectivity index is 1.62. The largest absolute Gasteiger partial charge is 0.497 e. The van der Waals surface area contributed by atoms with Crippen LogP contribution in [0.3, 0.4) is 0 Å². The van der Waals surface area contributed by atoms with E-state index in [1.165, 1.54) is 0 Å². The zero-order valence-electron chi connectivity index (χ0n) is 13.9. The molecular formula is C16H21N5O3. The van der Waals surface area contributed by atoms with E-state index in [9.17, 15) is 4.79 Å². The lowest BCUT2D eigenvalue weighted by Gasteiger charge is -2.19. The van der Waals surface area contributed by atoms with Crippen LogP contribution in [0.15, 0.2) is 28.9 Å². The van der Waals surface area contributed by atoms with Crippen LogP contribution in [0.1, 0.15) is 29.4 Å². The van der Waals surface area contributed by atoms with Gasteiger partial charge in [0.25, 0.3) is 0 Å². The molecule has 128 valence electrons. The predicted molar refractivity (Wildman–Crippen MR) is 85.9 cm³/mol. The summed E-state index contributed by atoms with van der Waals surface area (Å²) in [6.45, 7) is 2.18. The minimum Gasteiger partial charge on any atom is -0.497 e. The first-order valence-corrected chi connectivity index (χ1v) is 7.76. The molecule has 2 unspecified atom stereocenters. The van der Waals surface area contributed by atoms with Gasteiger partial charge in [-0.3, -0.25) is 4.79 Å². The Morgan fingerprint density at radius 3 is 2.96 bits per heavy atom. The molecule has 8 heteroatoms. The second-order valence-corrected chi connectivity index (χ2v) is 5.90. The van der Waals surface area contributed by atoms with E-state index in [4.69, 9.17) is 4.74 Å². The third kappa shape index (κ3) is 3.39. The van der Waals surface area contributed by atoms with Crippen LogP contribution >= 0.6 is 0 Å². The Hall–Kier alpha value is -2.45. The molecule has 1 aliphatic heterocycles. The van der Waals surface area contributed by atoms with Crippen molar-refractivity contribution in [3.8, 4) is 5.75 Å². The van der Waals surface area contributed by atoms with E-state index < -0.39 is 0 Å². The van der Waals surface area contributed by atoms with Crippen LogP contribution in [0.4, 0.5) is 0 Å². The number of nitrogens with one attached hydrogen (secondary N) is 2. The van der Waals surface area contributed by atoms with Crippen molar-refractivity contribution < 1.29 is 14.2 Å². The lowest BCUT2D eigenvalue weighted by Crippen LogP contribution is -2.43. The number of hydrogen-bond acceptors (Lipinski definition) is 7. The molecule has 2 heterocycles. The van der Waals surface area contributed by atoms with Crippen molar-refractivity contribution in [2.24, 2.45) is 0 Å². The number of likely N-dealkylation sites (N-methyl/N-ethyl adjacent to an activating group) is 1. The van der Waals surface area contributed by atoms with E-state index in [0.29, 0.717) is 24.4 Å². The Bertz CT molecular complexity index is 717. The summed E-state index contributed by atoms with van der Waals surface area (Å²) in [6, 6.07) is 7.58. The lowest BCUT2D eigenvalue weighted by atomic mass is 10.0. The number of carbonyl (C=O) groups is 1. The maximum absolute atomic E-state index is 12.6. The summed E-state index contributed by atoms with van der Waals surface area (Å²) in [5, 5.41) is 7.55. The molecule has 2 atom stereocenters. The van der Waals surface area contributed by atoms with E-state index in [1.807, 2.05) is 24.3 Å². The van der Waals surface area contributed by atoms with E-state index >= 15 is 0 Å². The summed E-state index contributed by atoms with van der Waals surface area (Å²) < 4.78 is 9.92. The van der Waals surface area contributed by atoms with Crippen molar-refractivity contribution in [2.45, 2.75) is 32.0 Å². The maximum Gasteiger partial charge on any atom is 0.241 e. The average molecular weight is 331 g/mol. The van der Waals surface area contributed by atoms with Crippen LogP contribution in [0.5, 0.6) is 5.75 Å². The molecule has 0 spiro atoms. The third-order valence-electron chi connectivity index (χ3n) is 4.21. The van der Waals surface area contributed by atoms with Gasteiger partial charge in [0.15, 0.2) is 0 Å². The zero-order chi connectivity index (χ0) is 17.1. The molecule has 2 aromatic rings. The van der Waals surface area contributed by atoms with Crippen molar-refractivity contribution in [3.63, 3.8) is 0 Å². The van der Waals surface area contributed by atoms with Crippen molar-refractivity contribution in [2.75, 3.05) is 14.2 Å². The number of hydrogen-bond donors (Lipinski definition) is 2. The number of hydrazine groups is 1. The number of amides is 1. The van der Waals surface area contributed by atoms with Gasteiger partial charge in [-0.2, -0.15) is 0 Å². The van der Waals surface area contributed by atoms with Gasteiger partial charge in [0.1, 0.15) is 23.2 Å². The summed E-state index contributed by atoms with van der Waals surface area (Å²) in [7, 11) is 3.39. The fourth-order valence-corrected chi connectivity index (χ4v) is 2.76. The Kier molecular flexibility index (Phi) is 4.77. The number of aryl methyl sites for hydroxylation is 1. The molecule has 8 nitrogen and oxygen atoms in total. The standard InChI is InChI=1S/C16H21N5O3/c1-10-15(20-24-19-10)9-21(2)16(22)14-8-13(17-18-14)11-5-4-6-12(7-11)23-3/h4-7,13-14,17-18H,8-9H2,1-3H3. The number of benzene rings is 1. The van der Waals surface area contributed by atoms with Gasteiger partial charge in [-0.15, -0.1) is 0 Å². The first kappa shape index (κ1) is 16.4. The van der Waals surface area contributed by atoms with E-state index in [-0.39, 0.29) is 18.0 Å². The van der Waals surface area contributed by atoms with E-state index in [2.05, 4.69) is 25.8 Å². The van der Waals surface area contributed by atoms with Crippen molar-refractivity contribution in [3.05, 3.63) is 41.2 Å². The van der Waals surface area contributed by atoms with Crippen molar-refractivity contribution in [1.82, 2.24) is 26.1 Å². The van der Waals surface area contributed by atoms with Crippen molar-refractivity contribution in [1.29, 1.82) is 0 Å². The smallest absolute Gasteiger partial charge is 0.241 e. The van der Waals surface area contributed by atoms with Gasteiger partial charge in [0, 0.05) is 13.1 Å². The molecule has 0 radical (unpaired) electrons. The van der Waals surface area contributed by atoms with Gasteiger partial charge in [-0.05, 0) is 31.0 Å². The summed E-state index contributed by atoms with van der Waals surface area (Å²) in [5.74, 6) is 0.797. The molecule has 1 fully saturated rings. The van der Waals surface area contributed by atoms with Crippen LogP contribution in [-0.2, 0) is 11.3 Å². The fraction of sp³-hybridized carbons (Fsp3) is 0.438. The maximum atomic E-state index is 12.6. The molecule has 0 bridgehead atoms. The van der Waals surface area contributed by atoms with E-state index in [1.54, 1.807) is 26.0 Å². The molecule has 0 aliphatic carbocycles. The second-order valence-electron chi connectivity index (χ2n) is 5.90. The molecule has 1 aromatic carbocycles. The number of methoxy groups -OCH3 is 1. The lowest BCUT2D eigenvalue weighted by molar-refractivity contribution is -0.132. The van der Waals surface area contributed by atoms with Gasteiger partial charge >= 0.3 is 0 Å². The Morgan fingerprint density at radius 2 is 2.25 bits per heavy atom. The highest BCUT2D eigenvalue weighted by Crippen LogP contribution is 2.26. The third-order valence-corrected chi connectivity index (χ3v) is 4.21. The molecule has 1 amide bonds. The van der Waals surface area contributed by atoms with Gasteiger partial charge in [0.2, 0.25) is 5.91 Å². The highest BCUT2D eigenvalue weighted by atomic mass is 16.6. The van der Waals surface area contributed by atoms with Crippen LogP contribution in [0.2, 0.25) is 0 Å². The van der Waals surface area contributed by atoms with Crippen molar-refractivity contribution >= 4 is 5.91 Å². The zero-order valence-corrected chi connectivity index (χ0v) is 13.9. The van der Waals surface area contributed by atoms with Gasteiger partial charge < -0.3 is 9.64 Å². The molecule has 1 aliphatic rings. The molecule has 3 rings (SSSR count). The normalized spacial score (nSPS) is 20.1. The quantitative estimate of drug-likeness (QED) is 0.843. The Morgan fingerprint density at radius 1 is 1.42 bits per heavy atom. The van der Waals surface area contributed by atoms with Gasteiger partial charge in [-0.1, -0.05) is 22.4 Å². The number of rotatable bonds is 5. The number of nitrogens with zero attached hydrogens (tertiary/aromatic N) is 3. The predicted octanol–water partition coefficient (Wildman–Crippen LogP) is 0.953. The summed E-state index contributed by atoms with van der Waals surface area (Å²) in [6.07, 6.45) is 0.659. The number of carbonyl (C=O) groups excluding carboxylic acids is 1. The molecule has 0 saturated carbocycles. The number of aromatic nitrogens is 2. The topological polar surface area (TPSA) is 92.5 Å². The van der Waals surface area contributed by atoms with E-state index in [0.717, 1.165) is 11.3 Å². The summed E-state index contributed by atoms with van der Waals surface area (Å²) >= 11 is 0. The van der Waals surface area contributed by atoms with Gasteiger partial charge in [0.05, 0.1) is 13.7 Å². The van der Waals surface area contributed by atoms with Crippen LogP contribution in [-0.4, -0.2) is 41.3 Å². The number of ether oxygens (including phenoxy) is 1. The first-order chi connectivity index (χ1) is 11.6. The van der Waals surface area contributed by atoms with Crippen LogP contribution < -0.4 is 15.6 Å². The monoisotopic (exact) mass is 331 g/mol. The summed E-state index contributed by atoms with van der Waals surface area (Å²) in [5.41, 5.74) is 8.70. The SMILES string of the molecule is COc1cccc(C2CC(C(=O)N(C)Cc3nonc3C)NN2)c1. The average Bonchev–Trinajstić information content (AvgIpc) is 3.24. The molecule has 1 saturated heterocycles. The fourth-order valence-electron chi connectivity index (χ4n) is 2.76. The molecule has 2 N–H and O–H groups in total. The Labute approximate surface area is 140 Å². The minimum atomic E-state index is -0.300. The highest BCUT2D eigenvalue weighted by Gasteiger charge is 2.32. The highest BCUT2D eigenvalue weighted by molar-refractivity contribution is 5.82. The van der Waals surface area contributed by atoms with Crippen LogP contribution in [0.25, 0.3) is 0 Å². The van der Waals surface area contributed by atoms with Gasteiger partial charge in [-0.25, -0.2) is 15.5 Å². The second kappa shape index (κ2) is 6.98. The minimum absolute atomic E-state index is 0.00436. The van der Waals surface area contributed by atoms with Crippen LogP contribution in [0, 0.1) is 6.92 Å². The summed E-state index contributed by atoms with van der Waals surface area (Å²) in [4.78, 5) is 14.2.